The number of hydrogen-bond acceptors (Lipinski definition) is 6. The Labute approximate surface area is 141 Å². The van der Waals surface area contributed by atoms with Crippen LogP contribution in [0.15, 0.2) is 18.2 Å². The molecule has 0 aromatic heterocycles. The molecular weight excluding hydrogens is 314 g/mol. The zero-order valence-electron chi connectivity index (χ0n) is 14.3. The van der Waals surface area contributed by atoms with Crippen LogP contribution in [0.2, 0.25) is 0 Å². The Bertz CT molecular complexity index is 601. The average Bonchev–Trinajstić information content (AvgIpc) is 2.87. The second kappa shape index (κ2) is 7.42. The van der Waals surface area contributed by atoms with Gasteiger partial charge in [-0.2, -0.15) is 0 Å². The molecule has 2 atom stereocenters. The summed E-state index contributed by atoms with van der Waals surface area (Å²) < 4.78 is 21.1. The fourth-order valence-electron chi connectivity index (χ4n) is 2.50. The average molecular weight is 337 g/mol. The van der Waals surface area contributed by atoms with Gasteiger partial charge in [0.25, 0.3) is 6.47 Å². The molecule has 1 heterocycles. The molecule has 2 unspecified atom stereocenters. The van der Waals surface area contributed by atoms with E-state index in [1.165, 1.54) is 7.11 Å². The largest absolute Gasteiger partial charge is 0.462 e. The Morgan fingerprint density at radius 2 is 2.08 bits per heavy atom. The third kappa shape index (κ3) is 4.78. The summed E-state index contributed by atoms with van der Waals surface area (Å²) in [7, 11) is 1.33. The highest BCUT2D eigenvalue weighted by Crippen LogP contribution is 2.38. The minimum absolute atomic E-state index is 0.0754. The van der Waals surface area contributed by atoms with E-state index in [9.17, 15) is 9.59 Å². The van der Waals surface area contributed by atoms with Crippen LogP contribution in [0.5, 0.6) is 11.5 Å². The molecule has 7 nitrogen and oxygen atoms in total. The number of fused-ring (bicyclic) bond motifs is 1. The topological polar surface area (TPSA) is 83.1 Å². The molecule has 0 radical (unpaired) electrons. The summed E-state index contributed by atoms with van der Waals surface area (Å²) in [6.45, 7) is 5.91. The van der Waals surface area contributed by atoms with Gasteiger partial charge in [-0.1, -0.05) is 6.07 Å². The molecule has 1 aliphatic rings. The predicted molar refractivity (Wildman–Crippen MR) is 86.0 cm³/mol. The minimum atomic E-state index is -0.670. The van der Waals surface area contributed by atoms with Crippen molar-refractivity contribution in [2.45, 2.75) is 51.5 Å². The first-order valence-corrected chi connectivity index (χ1v) is 7.75. The maximum atomic E-state index is 11.2. The number of hydrogen-bond donors (Lipinski definition) is 1. The van der Waals surface area contributed by atoms with Crippen LogP contribution >= 0.6 is 0 Å². The van der Waals surface area contributed by atoms with E-state index in [0.29, 0.717) is 30.8 Å². The van der Waals surface area contributed by atoms with Gasteiger partial charge in [-0.3, -0.25) is 4.79 Å². The number of nitrogens with one attached hydrogen (secondary N) is 1. The fourth-order valence-corrected chi connectivity index (χ4v) is 2.50. The van der Waals surface area contributed by atoms with Crippen LogP contribution in [0.1, 0.15) is 32.8 Å². The van der Waals surface area contributed by atoms with Gasteiger partial charge in [0.15, 0.2) is 11.5 Å². The Balaban J connectivity index is 1.96. The first-order chi connectivity index (χ1) is 11.3. The summed E-state index contributed by atoms with van der Waals surface area (Å²) in [6.07, 6.45) is 0.0863. The van der Waals surface area contributed by atoms with Crippen molar-refractivity contribution in [3.05, 3.63) is 23.8 Å². The molecule has 1 aliphatic heterocycles. The normalized spacial score (nSPS) is 17.1. The van der Waals surface area contributed by atoms with Crippen molar-refractivity contribution in [2.75, 3.05) is 7.11 Å². The molecule has 24 heavy (non-hydrogen) atoms. The molecule has 0 fully saturated rings. The Morgan fingerprint density at radius 3 is 2.75 bits per heavy atom. The molecule has 0 saturated carbocycles. The van der Waals surface area contributed by atoms with Crippen molar-refractivity contribution in [3.8, 4) is 11.5 Å². The molecule has 1 N–H and O–H groups in total. The molecule has 0 aliphatic carbocycles. The fraction of sp³-hybridized carbons (Fsp3) is 0.529. The Kier molecular flexibility index (Phi) is 5.54. The predicted octanol–water partition coefficient (Wildman–Crippen LogP) is 2.41. The van der Waals surface area contributed by atoms with E-state index in [0.717, 1.165) is 5.56 Å². The monoisotopic (exact) mass is 337 g/mol. The van der Waals surface area contributed by atoms with Crippen LogP contribution < -0.4 is 14.8 Å². The summed E-state index contributed by atoms with van der Waals surface area (Å²) >= 11 is 0. The SMILES string of the molecule is COC(=O)NC(C)Cc1ccc2c(c1)OC(CC(C)(C)OC=O)O2. The molecule has 7 heteroatoms. The third-order valence-electron chi connectivity index (χ3n) is 3.64. The second-order valence-corrected chi connectivity index (χ2v) is 6.37. The molecule has 1 aromatic rings. The maximum absolute atomic E-state index is 11.2. The number of benzene rings is 1. The van der Waals surface area contributed by atoms with Gasteiger partial charge in [0.05, 0.1) is 13.5 Å². The van der Waals surface area contributed by atoms with Crippen molar-refractivity contribution in [2.24, 2.45) is 0 Å². The summed E-state index contributed by atoms with van der Waals surface area (Å²) in [5, 5.41) is 2.72. The van der Waals surface area contributed by atoms with Crippen molar-refractivity contribution in [3.63, 3.8) is 0 Å². The van der Waals surface area contributed by atoms with Gasteiger partial charge >= 0.3 is 6.09 Å². The molecular formula is C17H23NO6. The van der Waals surface area contributed by atoms with E-state index in [1.54, 1.807) is 13.8 Å². The first-order valence-electron chi connectivity index (χ1n) is 7.75. The molecule has 1 aromatic carbocycles. The number of rotatable bonds is 7. The first kappa shape index (κ1) is 17.9. The minimum Gasteiger partial charge on any atom is -0.462 e. The molecule has 1 amide bonds. The van der Waals surface area contributed by atoms with Crippen molar-refractivity contribution >= 4 is 12.6 Å². The van der Waals surface area contributed by atoms with Crippen LogP contribution in [0.3, 0.4) is 0 Å². The van der Waals surface area contributed by atoms with Gasteiger partial charge in [0.2, 0.25) is 6.29 Å². The summed E-state index contributed by atoms with van der Waals surface area (Å²) in [5.74, 6) is 1.30. The van der Waals surface area contributed by atoms with E-state index in [2.05, 4.69) is 10.1 Å². The van der Waals surface area contributed by atoms with E-state index in [-0.39, 0.29) is 6.04 Å². The van der Waals surface area contributed by atoms with Crippen molar-refractivity contribution in [1.82, 2.24) is 5.32 Å². The molecule has 0 spiro atoms. The number of methoxy groups -OCH3 is 1. The van der Waals surface area contributed by atoms with Crippen molar-refractivity contribution < 1.29 is 28.5 Å². The van der Waals surface area contributed by atoms with Crippen LogP contribution in [0.25, 0.3) is 0 Å². The van der Waals surface area contributed by atoms with Gasteiger partial charge in [0, 0.05) is 6.04 Å². The molecule has 132 valence electrons. The lowest BCUT2D eigenvalue weighted by atomic mass is 10.1. The Hall–Kier alpha value is -2.44. The van der Waals surface area contributed by atoms with Gasteiger partial charge in [-0.05, 0) is 44.9 Å². The lowest BCUT2D eigenvalue weighted by Gasteiger charge is -2.24. The number of alkyl carbamates (subject to hydrolysis) is 1. The number of ether oxygens (including phenoxy) is 4. The van der Waals surface area contributed by atoms with Crippen LogP contribution in [-0.2, 0) is 20.7 Å². The van der Waals surface area contributed by atoms with E-state index < -0.39 is 18.0 Å². The maximum Gasteiger partial charge on any atom is 0.407 e. The van der Waals surface area contributed by atoms with E-state index in [4.69, 9.17) is 14.2 Å². The summed E-state index contributed by atoms with van der Waals surface area (Å²) in [6, 6.07) is 5.57. The number of carbonyl (C=O) groups is 2. The van der Waals surface area contributed by atoms with Crippen LogP contribution in [0.4, 0.5) is 4.79 Å². The third-order valence-corrected chi connectivity index (χ3v) is 3.64. The van der Waals surface area contributed by atoms with Crippen LogP contribution in [-0.4, -0.2) is 37.6 Å². The van der Waals surface area contributed by atoms with E-state index in [1.807, 2.05) is 25.1 Å². The standard InChI is InChI=1S/C17H23NO6/c1-11(18-16(20)21-4)7-12-5-6-13-14(8-12)24-15(23-13)9-17(2,3)22-10-19/h5-6,8,10-11,15H,7,9H2,1-4H3,(H,18,20). The number of carbonyl (C=O) groups excluding carboxylic acids is 2. The van der Waals surface area contributed by atoms with Gasteiger partial charge in [-0.15, -0.1) is 0 Å². The lowest BCUT2D eigenvalue weighted by molar-refractivity contribution is -0.145. The molecule has 2 rings (SSSR count). The molecule has 0 bridgehead atoms. The highest BCUT2D eigenvalue weighted by atomic mass is 16.7. The lowest BCUT2D eigenvalue weighted by Crippen LogP contribution is -2.33. The van der Waals surface area contributed by atoms with E-state index >= 15 is 0 Å². The number of amides is 1. The highest BCUT2D eigenvalue weighted by Gasteiger charge is 2.32. The summed E-state index contributed by atoms with van der Waals surface area (Å²) in [5.41, 5.74) is 0.335. The molecule has 0 saturated heterocycles. The zero-order chi connectivity index (χ0) is 17.7. The quantitative estimate of drug-likeness (QED) is 0.769. The Morgan fingerprint density at radius 1 is 1.38 bits per heavy atom. The van der Waals surface area contributed by atoms with Crippen molar-refractivity contribution in [1.29, 1.82) is 0 Å². The van der Waals surface area contributed by atoms with Gasteiger partial charge in [-0.25, -0.2) is 4.79 Å². The van der Waals surface area contributed by atoms with Crippen LogP contribution in [0, 0.1) is 0 Å². The van der Waals surface area contributed by atoms with Gasteiger partial charge < -0.3 is 24.3 Å². The second-order valence-electron chi connectivity index (χ2n) is 6.37. The smallest absolute Gasteiger partial charge is 0.407 e. The van der Waals surface area contributed by atoms with Gasteiger partial charge in [0.1, 0.15) is 5.60 Å². The highest BCUT2D eigenvalue weighted by molar-refractivity contribution is 5.67. The summed E-state index contributed by atoms with van der Waals surface area (Å²) in [4.78, 5) is 21.7. The zero-order valence-corrected chi connectivity index (χ0v) is 14.3.